The summed E-state index contributed by atoms with van der Waals surface area (Å²) in [6, 6.07) is 16.3. The first-order valence-corrected chi connectivity index (χ1v) is 7.32. The minimum atomic E-state index is -0.925. The maximum atomic E-state index is 10.6. The van der Waals surface area contributed by atoms with E-state index < -0.39 is 5.97 Å². The molecule has 102 valence electrons. The number of rotatable bonds is 5. The molecule has 0 aliphatic heterocycles. The number of hydrogen-bond donors (Lipinski definition) is 1. The zero-order valence-corrected chi connectivity index (χ0v) is 12.1. The van der Waals surface area contributed by atoms with E-state index in [4.69, 9.17) is 5.11 Å². The highest BCUT2D eigenvalue weighted by Crippen LogP contribution is 2.25. The minimum Gasteiger partial charge on any atom is -0.478 e. The summed E-state index contributed by atoms with van der Waals surface area (Å²) in [6.45, 7) is 2.07. The summed E-state index contributed by atoms with van der Waals surface area (Å²) in [4.78, 5) is 11.8. The molecule has 0 aliphatic rings. The number of thioether (sulfide) groups is 1. The molecule has 0 heterocycles. The van der Waals surface area contributed by atoms with Gasteiger partial charge in [-0.1, -0.05) is 42.0 Å². The van der Waals surface area contributed by atoms with Crippen molar-refractivity contribution in [2.45, 2.75) is 17.6 Å². The molecule has 0 bridgehead atoms. The number of hydrogen-bond acceptors (Lipinski definition) is 2. The predicted molar refractivity (Wildman–Crippen MR) is 83.9 cm³/mol. The van der Waals surface area contributed by atoms with E-state index in [-0.39, 0.29) is 0 Å². The largest absolute Gasteiger partial charge is 0.478 e. The zero-order valence-electron chi connectivity index (χ0n) is 11.2. The Labute approximate surface area is 123 Å². The van der Waals surface area contributed by atoms with Crippen molar-refractivity contribution < 1.29 is 9.90 Å². The van der Waals surface area contributed by atoms with E-state index in [1.165, 1.54) is 16.5 Å². The molecule has 2 aromatic carbocycles. The number of aryl methyl sites for hydroxylation is 1. The topological polar surface area (TPSA) is 37.3 Å². The Kier molecular flexibility index (Phi) is 5.02. The third-order valence-corrected chi connectivity index (χ3v) is 3.94. The summed E-state index contributed by atoms with van der Waals surface area (Å²) in [5.41, 5.74) is 3.34. The van der Waals surface area contributed by atoms with Crippen LogP contribution in [0.25, 0.3) is 6.08 Å². The molecule has 0 aromatic heterocycles. The molecule has 2 nitrogen and oxygen atoms in total. The third-order valence-electron chi connectivity index (χ3n) is 2.88. The molecule has 3 heteroatoms. The standard InChI is InChI=1S/C17H16O2S/c1-13-6-9-16(10-7-13)20-12-15-5-3-2-4-14(15)8-11-17(18)19/h2-11H,12H2,1H3,(H,18,19)/b11-8+. The van der Waals surface area contributed by atoms with E-state index in [2.05, 4.69) is 31.2 Å². The Balaban J connectivity index is 2.09. The van der Waals surface area contributed by atoms with Crippen molar-refractivity contribution >= 4 is 23.8 Å². The van der Waals surface area contributed by atoms with Gasteiger partial charge < -0.3 is 5.11 Å². The van der Waals surface area contributed by atoms with Gasteiger partial charge in [-0.05, 0) is 36.3 Å². The SMILES string of the molecule is Cc1ccc(SCc2ccccc2/C=C/C(=O)O)cc1. The minimum absolute atomic E-state index is 0.823. The van der Waals surface area contributed by atoms with Crippen LogP contribution in [0.3, 0.4) is 0 Å². The molecule has 0 atom stereocenters. The van der Waals surface area contributed by atoms with Crippen LogP contribution in [0.15, 0.2) is 59.5 Å². The van der Waals surface area contributed by atoms with Crippen LogP contribution in [0.1, 0.15) is 16.7 Å². The van der Waals surface area contributed by atoms with E-state index in [1.807, 2.05) is 24.3 Å². The first kappa shape index (κ1) is 14.4. The first-order chi connectivity index (χ1) is 9.65. The molecule has 20 heavy (non-hydrogen) atoms. The van der Waals surface area contributed by atoms with Gasteiger partial charge in [0.1, 0.15) is 0 Å². The van der Waals surface area contributed by atoms with Crippen molar-refractivity contribution in [3.05, 3.63) is 71.3 Å². The fourth-order valence-corrected chi connectivity index (χ4v) is 2.70. The van der Waals surface area contributed by atoms with Crippen LogP contribution in [0.5, 0.6) is 0 Å². The van der Waals surface area contributed by atoms with E-state index in [0.717, 1.165) is 16.9 Å². The van der Waals surface area contributed by atoms with Crippen molar-refractivity contribution in [1.29, 1.82) is 0 Å². The number of carboxylic acid groups (broad SMARTS) is 1. The third kappa shape index (κ3) is 4.28. The van der Waals surface area contributed by atoms with Crippen LogP contribution in [0.2, 0.25) is 0 Å². The highest BCUT2D eigenvalue weighted by molar-refractivity contribution is 7.98. The summed E-state index contributed by atoms with van der Waals surface area (Å²) in [6.07, 6.45) is 2.82. The fraction of sp³-hybridized carbons (Fsp3) is 0.118. The van der Waals surface area contributed by atoms with Gasteiger partial charge in [0.15, 0.2) is 0 Å². The van der Waals surface area contributed by atoms with E-state index in [0.29, 0.717) is 0 Å². The van der Waals surface area contributed by atoms with Gasteiger partial charge in [0.25, 0.3) is 0 Å². The van der Waals surface area contributed by atoms with Gasteiger partial charge in [0.2, 0.25) is 0 Å². The van der Waals surface area contributed by atoms with Crippen LogP contribution < -0.4 is 0 Å². The van der Waals surface area contributed by atoms with Crippen molar-refractivity contribution in [2.24, 2.45) is 0 Å². The number of carboxylic acids is 1. The molecular weight excluding hydrogens is 268 g/mol. The molecule has 0 fully saturated rings. The molecule has 1 N–H and O–H groups in total. The summed E-state index contributed by atoms with van der Waals surface area (Å²) in [5.74, 6) is -0.102. The normalized spacial score (nSPS) is 10.8. The Morgan fingerprint density at radius 1 is 1.15 bits per heavy atom. The second-order valence-electron chi connectivity index (χ2n) is 4.47. The van der Waals surface area contributed by atoms with Gasteiger partial charge >= 0.3 is 5.97 Å². The molecule has 0 radical (unpaired) electrons. The van der Waals surface area contributed by atoms with Gasteiger partial charge in [-0.15, -0.1) is 11.8 Å². The molecule has 0 spiro atoms. The zero-order chi connectivity index (χ0) is 14.4. The first-order valence-electron chi connectivity index (χ1n) is 6.33. The highest BCUT2D eigenvalue weighted by Gasteiger charge is 2.01. The van der Waals surface area contributed by atoms with E-state index >= 15 is 0 Å². The summed E-state index contributed by atoms with van der Waals surface area (Å²) >= 11 is 1.75. The number of benzene rings is 2. The molecule has 0 unspecified atom stereocenters. The van der Waals surface area contributed by atoms with Crippen LogP contribution >= 0.6 is 11.8 Å². The summed E-state index contributed by atoms with van der Waals surface area (Å²) < 4.78 is 0. The molecule has 0 aliphatic carbocycles. The molecule has 2 rings (SSSR count). The van der Waals surface area contributed by atoms with E-state index in [1.54, 1.807) is 17.8 Å². The van der Waals surface area contributed by atoms with Crippen LogP contribution in [-0.4, -0.2) is 11.1 Å². The Hall–Kier alpha value is -2.00. The van der Waals surface area contributed by atoms with Gasteiger partial charge in [0, 0.05) is 16.7 Å². The molecule has 0 saturated heterocycles. The lowest BCUT2D eigenvalue weighted by Gasteiger charge is -2.06. The van der Waals surface area contributed by atoms with Gasteiger partial charge in [-0.25, -0.2) is 4.79 Å². The lowest BCUT2D eigenvalue weighted by molar-refractivity contribution is -0.131. The second-order valence-corrected chi connectivity index (χ2v) is 5.52. The fourth-order valence-electron chi connectivity index (χ4n) is 1.78. The van der Waals surface area contributed by atoms with E-state index in [9.17, 15) is 4.79 Å². The smallest absolute Gasteiger partial charge is 0.328 e. The number of aliphatic carboxylic acids is 1. The average molecular weight is 284 g/mol. The lowest BCUT2D eigenvalue weighted by Crippen LogP contribution is -1.89. The highest BCUT2D eigenvalue weighted by atomic mass is 32.2. The lowest BCUT2D eigenvalue weighted by atomic mass is 10.1. The number of carbonyl (C=O) groups is 1. The van der Waals surface area contributed by atoms with Crippen molar-refractivity contribution in [1.82, 2.24) is 0 Å². The molecule has 2 aromatic rings. The Morgan fingerprint density at radius 3 is 2.55 bits per heavy atom. The maximum absolute atomic E-state index is 10.6. The van der Waals surface area contributed by atoms with Gasteiger partial charge in [-0.3, -0.25) is 0 Å². The Morgan fingerprint density at radius 2 is 1.85 bits per heavy atom. The predicted octanol–water partition coefficient (Wildman–Crippen LogP) is 4.39. The molecule has 0 amide bonds. The maximum Gasteiger partial charge on any atom is 0.328 e. The quantitative estimate of drug-likeness (QED) is 0.653. The van der Waals surface area contributed by atoms with Crippen LogP contribution in [0.4, 0.5) is 0 Å². The second kappa shape index (κ2) is 6.96. The molecular formula is C17H16O2S. The average Bonchev–Trinajstić information content (AvgIpc) is 2.45. The van der Waals surface area contributed by atoms with Crippen molar-refractivity contribution in [3.8, 4) is 0 Å². The van der Waals surface area contributed by atoms with Gasteiger partial charge in [0.05, 0.1) is 0 Å². The van der Waals surface area contributed by atoms with Gasteiger partial charge in [-0.2, -0.15) is 0 Å². The summed E-state index contributed by atoms with van der Waals surface area (Å²) in [5, 5.41) is 8.71. The summed E-state index contributed by atoms with van der Waals surface area (Å²) in [7, 11) is 0. The van der Waals surface area contributed by atoms with Crippen molar-refractivity contribution in [2.75, 3.05) is 0 Å². The Bertz CT molecular complexity index is 615. The van der Waals surface area contributed by atoms with Crippen molar-refractivity contribution in [3.63, 3.8) is 0 Å². The van der Waals surface area contributed by atoms with Crippen LogP contribution in [-0.2, 0) is 10.5 Å². The monoisotopic (exact) mass is 284 g/mol. The molecule has 0 saturated carbocycles. The van der Waals surface area contributed by atoms with Crippen LogP contribution in [0, 0.1) is 6.92 Å².